The van der Waals surface area contributed by atoms with Gasteiger partial charge in [-0.15, -0.1) is 0 Å². The Morgan fingerprint density at radius 2 is 1.47 bits per heavy atom. The lowest BCUT2D eigenvalue weighted by molar-refractivity contribution is -0.159. The minimum atomic E-state index is -2.75. The number of hydrogen-bond acceptors (Lipinski definition) is 14. The van der Waals surface area contributed by atoms with Crippen LogP contribution in [0.25, 0.3) is 27.9 Å². The topological polar surface area (TPSA) is 286 Å². The van der Waals surface area contributed by atoms with Crippen molar-refractivity contribution in [2.24, 2.45) is 17.6 Å². The Morgan fingerprint density at radius 1 is 0.828 bits per heavy atom. The van der Waals surface area contributed by atoms with E-state index in [4.69, 9.17) is 20.4 Å². The molecule has 1 aromatic heterocycles. The lowest BCUT2D eigenvalue weighted by atomic mass is 9.54. The molecule has 3 aliphatic carbocycles. The van der Waals surface area contributed by atoms with Gasteiger partial charge in [-0.25, -0.2) is 4.79 Å². The number of ketones is 3. The molecule has 0 bridgehead atoms. The first-order valence-electron chi connectivity index (χ1n) is 19.9. The second-order valence-corrected chi connectivity index (χ2v) is 16.1. The van der Waals surface area contributed by atoms with Crippen LogP contribution >= 0.6 is 0 Å². The third-order valence-corrected chi connectivity index (χ3v) is 11.8. The van der Waals surface area contributed by atoms with E-state index in [9.17, 15) is 54.3 Å². The van der Waals surface area contributed by atoms with Crippen molar-refractivity contribution in [3.05, 3.63) is 147 Å². The second-order valence-electron chi connectivity index (χ2n) is 16.1. The number of rotatable bonds is 7. The first kappa shape index (κ1) is 46.1. The predicted octanol–water partition coefficient (Wildman–Crippen LogP) is 4.84. The first-order chi connectivity index (χ1) is 30.1. The van der Waals surface area contributed by atoms with Crippen LogP contribution in [0, 0.1) is 18.8 Å². The monoisotopic (exact) mass is 874 g/mol. The Kier molecular flexibility index (Phi) is 12.8. The number of likely N-dealkylation sites (N-methyl/N-ethyl adjacent to an activating group) is 1. The number of hydrogen-bond donors (Lipinski definition) is 8. The third-order valence-electron chi connectivity index (χ3n) is 11.8. The Balaban J connectivity index is 0.000000179. The minimum absolute atomic E-state index is 0.0417. The molecule has 0 aliphatic heterocycles. The number of phenolic OH excluding ortho intramolecular Hbond substituents is 2. The third kappa shape index (κ3) is 8.41. The number of amides is 1. The summed E-state index contributed by atoms with van der Waals surface area (Å²) in [6.07, 6.45) is -0.284. The van der Waals surface area contributed by atoms with E-state index in [0.717, 1.165) is 22.1 Å². The van der Waals surface area contributed by atoms with Crippen LogP contribution in [0.3, 0.4) is 0 Å². The maximum Gasteiger partial charge on any atom is 0.336 e. The summed E-state index contributed by atoms with van der Waals surface area (Å²) >= 11 is 0. The van der Waals surface area contributed by atoms with Gasteiger partial charge in [0.15, 0.2) is 17.2 Å². The van der Waals surface area contributed by atoms with E-state index in [1.54, 1.807) is 24.3 Å². The number of carboxylic acid groups (broad SMARTS) is 1. The number of primary amides is 1. The van der Waals surface area contributed by atoms with E-state index in [2.05, 4.69) is 0 Å². The van der Waals surface area contributed by atoms with Gasteiger partial charge in [-0.2, -0.15) is 0 Å². The van der Waals surface area contributed by atoms with Crippen molar-refractivity contribution in [1.29, 1.82) is 0 Å². The average molecular weight is 875 g/mol. The van der Waals surface area contributed by atoms with Crippen LogP contribution in [-0.4, -0.2) is 95.6 Å². The fourth-order valence-electron chi connectivity index (χ4n) is 8.66. The first-order valence-corrected chi connectivity index (χ1v) is 19.9. The van der Waals surface area contributed by atoms with Gasteiger partial charge < -0.3 is 45.9 Å². The van der Waals surface area contributed by atoms with Gasteiger partial charge in [-0.3, -0.25) is 28.9 Å². The molecule has 5 aromatic rings. The molecule has 4 aromatic carbocycles. The van der Waals surface area contributed by atoms with Crippen LogP contribution < -0.4 is 11.4 Å². The van der Waals surface area contributed by atoms with Gasteiger partial charge in [-0.1, -0.05) is 66.7 Å². The van der Waals surface area contributed by atoms with Gasteiger partial charge in [0.25, 0.3) is 5.91 Å². The molecule has 332 valence electrons. The van der Waals surface area contributed by atoms with Crippen LogP contribution in [0.2, 0.25) is 0 Å². The summed E-state index contributed by atoms with van der Waals surface area (Å²) in [4.78, 5) is 73.1. The number of aryl methyl sites for hydroxylation is 1. The molecule has 0 radical (unpaired) electrons. The largest absolute Gasteiger partial charge is 0.508 e. The van der Waals surface area contributed by atoms with Crippen molar-refractivity contribution in [3.8, 4) is 22.6 Å². The number of carbonyl (C=O) groups excluding carboxylic acids is 4. The zero-order valence-electron chi connectivity index (χ0n) is 35.1. The zero-order chi connectivity index (χ0) is 47.0. The van der Waals surface area contributed by atoms with Gasteiger partial charge >= 0.3 is 11.6 Å². The summed E-state index contributed by atoms with van der Waals surface area (Å²) in [6.45, 7) is 3.23. The van der Waals surface area contributed by atoms with Gasteiger partial charge in [0.05, 0.1) is 23.6 Å². The molecule has 0 spiro atoms. The molecule has 9 N–H and O–H groups in total. The number of nitrogens with zero attached hydrogens (tertiary/aromatic N) is 1. The molecule has 5 atom stereocenters. The highest BCUT2D eigenvalue weighted by atomic mass is 16.4. The number of Topliss-reactive ketones (excluding diaryl/α,β-unsaturated/α-hetero) is 3. The molecular formula is C48H46N2O14. The average Bonchev–Trinajstić information content (AvgIpc) is 3.23. The molecule has 1 heterocycles. The lowest BCUT2D eigenvalue weighted by Gasteiger charge is -2.53. The predicted molar refractivity (Wildman–Crippen MR) is 232 cm³/mol. The van der Waals surface area contributed by atoms with Crippen molar-refractivity contribution < 1.29 is 64.1 Å². The van der Waals surface area contributed by atoms with Crippen LogP contribution in [0.15, 0.2) is 123 Å². The van der Waals surface area contributed by atoms with E-state index in [0.29, 0.717) is 11.1 Å². The van der Waals surface area contributed by atoms with E-state index in [1.165, 1.54) is 56.3 Å². The van der Waals surface area contributed by atoms with Crippen LogP contribution in [0.5, 0.6) is 11.5 Å². The van der Waals surface area contributed by atoms with E-state index in [-0.39, 0.29) is 41.9 Å². The van der Waals surface area contributed by atoms with Crippen molar-refractivity contribution in [3.63, 3.8) is 0 Å². The second kappa shape index (κ2) is 17.8. The van der Waals surface area contributed by atoms with Crippen LogP contribution in [-0.2, 0) is 24.8 Å². The fraction of sp³-hybridized carbons (Fsp3) is 0.250. The highest BCUT2D eigenvalue weighted by Crippen LogP contribution is 2.57. The molecule has 16 heteroatoms. The molecule has 1 fully saturated rings. The van der Waals surface area contributed by atoms with Crippen molar-refractivity contribution in [2.75, 3.05) is 14.1 Å². The van der Waals surface area contributed by atoms with Crippen molar-refractivity contribution in [1.82, 2.24) is 4.90 Å². The van der Waals surface area contributed by atoms with Crippen molar-refractivity contribution >= 4 is 46.0 Å². The highest BCUT2D eigenvalue weighted by molar-refractivity contribution is 6.24. The zero-order valence-corrected chi connectivity index (χ0v) is 35.1. The normalized spacial score (nSPS) is 22.3. The Hall–Kier alpha value is -7.40. The number of aliphatic hydroxyl groups excluding tert-OH is 2. The van der Waals surface area contributed by atoms with E-state index < -0.39 is 86.6 Å². The number of carbonyl (C=O) groups is 5. The van der Waals surface area contributed by atoms with Crippen LogP contribution in [0.4, 0.5) is 0 Å². The van der Waals surface area contributed by atoms with E-state index in [1.807, 2.05) is 49.4 Å². The van der Waals surface area contributed by atoms with Crippen molar-refractivity contribution in [2.45, 2.75) is 50.4 Å². The number of nitrogens with two attached hydrogens (primary N) is 1. The lowest BCUT2D eigenvalue weighted by Crippen LogP contribution is -2.67. The maximum absolute atomic E-state index is 13.7. The molecule has 1 amide bonds. The number of aliphatic carboxylic acids is 1. The van der Waals surface area contributed by atoms with Gasteiger partial charge in [-0.05, 0) is 74.8 Å². The minimum Gasteiger partial charge on any atom is -0.508 e. The summed E-state index contributed by atoms with van der Waals surface area (Å²) in [5, 5.41) is 73.4. The van der Waals surface area contributed by atoms with Gasteiger partial charge in [0.1, 0.15) is 34.2 Å². The maximum atomic E-state index is 13.7. The summed E-state index contributed by atoms with van der Waals surface area (Å²) in [5.74, 6) is -8.89. The SMILES string of the molecule is CN(C)[C@@H]1C(=O)C(C(N)=O)=C(O)[C@@]2(O)C(=O)C3=C(O)c4c(O)cccc4[C@@](C)(O)[C@H]3C[C@@H]12.Cc1cc(=O)oc2cc(O)ccc12.O=C(O)CCC(=O)c1ccc(-c2ccccc2)cc1. The summed E-state index contributed by atoms with van der Waals surface area (Å²) in [5.41, 5.74) is 3.02. The molecular weight excluding hydrogens is 829 g/mol. The molecule has 16 nitrogen and oxygen atoms in total. The van der Waals surface area contributed by atoms with E-state index >= 15 is 0 Å². The summed E-state index contributed by atoms with van der Waals surface area (Å²) in [7, 11) is 3.01. The number of aliphatic hydroxyl groups is 4. The van der Waals surface area contributed by atoms with Crippen LogP contribution in [0.1, 0.15) is 53.2 Å². The number of fused-ring (bicyclic) bond motifs is 4. The number of aromatic hydroxyl groups is 2. The fourth-order valence-corrected chi connectivity index (χ4v) is 8.66. The summed E-state index contributed by atoms with van der Waals surface area (Å²) in [6, 6.07) is 26.3. The molecule has 8 rings (SSSR count). The highest BCUT2D eigenvalue weighted by Gasteiger charge is 2.66. The smallest absolute Gasteiger partial charge is 0.336 e. The van der Waals surface area contributed by atoms with Gasteiger partial charge in [0, 0.05) is 46.9 Å². The molecule has 0 saturated heterocycles. The molecule has 3 aliphatic rings. The Bertz CT molecular complexity index is 2820. The Labute approximate surface area is 365 Å². The summed E-state index contributed by atoms with van der Waals surface area (Å²) < 4.78 is 4.91. The molecule has 1 saturated carbocycles. The number of phenols is 2. The van der Waals surface area contributed by atoms with Gasteiger partial charge in [0.2, 0.25) is 5.78 Å². The Morgan fingerprint density at radius 3 is 2.08 bits per heavy atom. The number of carboxylic acids is 1. The standard InChI is InChI=1S/C22H24N2O8.C16H14O3.C10H8O3/c1-21(31)8-5-4-6-11(25)12(8)16(26)13-9(21)7-10-15(24(2)3)17(27)14(20(23)30)19(29)22(10,32)18(13)28;17-15(10-11-16(18)19)14-8-6-13(7-9-14)12-4-2-1-3-5-12;1-6-4-10(12)13-9-5-7(11)2-3-8(6)9/h4-6,9-10,15,25-26,29,31-32H,7H2,1-3H3,(H2,23,30);1-9H,10-11H2,(H,18,19);2-5,11H,1H3/t9-,10-,15-,21+,22-;;/m0../s1. The molecule has 64 heavy (non-hydrogen) atoms. The molecule has 0 unspecified atom stereocenters. The quantitative estimate of drug-likeness (QED) is 0.0617. The number of benzene rings is 4.